The van der Waals surface area contributed by atoms with E-state index in [2.05, 4.69) is 22.6 Å². The number of esters is 2. The third-order valence-electron chi connectivity index (χ3n) is 2.46. The lowest BCUT2D eigenvalue weighted by molar-refractivity contribution is -0.337. The van der Waals surface area contributed by atoms with Crippen LogP contribution in [-0.2, 0) is 19.1 Å². The zero-order chi connectivity index (χ0) is 15.8. The maximum absolute atomic E-state index is 11.1. The van der Waals surface area contributed by atoms with Crippen molar-refractivity contribution in [3.05, 3.63) is 25.3 Å². The predicted molar refractivity (Wildman–Crippen MR) is 65.8 cm³/mol. The van der Waals surface area contributed by atoms with Crippen molar-refractivity contribution in [2.75, 3.05) is 19.8 Å². The molecule has 0 fully saturated rings. The average Bonchev–Trinajstić information content (AvgIpc) is 2.44. The maximum Gasteiger partial charge on any atom is 0.374 e. The summed E-state index contributed by atoms with van der Waals surface area (Å²) >= 11 is 0. The fourth-order valence-electron chi connectivity index (χ4n) is 1.28. The second-order valence-electron chi connectivity index (χ2n) is 4.11. The molecule has 0 spiro atoms. The molecule has 0 aliphatic rings. The van der Waals surface area contributed by atoms with Crippen LogP contribution in [0, 0.1) is 5.41 Å². The van der Waals surface area contributed by atoms with E-state index in [1.54, 1.807) is 0 Å². The predicted octanol–water partition coefficient (Wildman–Crippen LogP) is -1.56. The molecule has 0 radical (unpaired) electrons. The van der Waals surface area contributed by atoms with E-state index in [-0.39, 0.29) is 0 Å². The highest BCUT2D eigenvalue weighted by atomic mass is 16.8. The molecule has 0 rings (SSSR count). The van der Waals surface area contributed by atoms with E-state index in [0.717, 1.165) is 0 Å². The minimum absolute atomic E-state index is 0.714. The summed E-state index contributed by atoms with van der Waals surface area (Å²) in [6.45, 7) is 3.96. The van der Waals surface area contributed by atoms with Crippen molar-refractivity contribution in [1.29, 1.82) is 0 Å². The first-order valence-corrected chi connectivity index (χ1v) is 5.56. The van der Waals surface area contributed by atoms with Crippen LogP contribution in [0.15, 0.2) is 25.3 Å². The first-order chi connectivity index (χ1) is 9.30. The lowest BCUT2D eigenvalue weighted by Crippen LogP contribution is -2.48. The molecule has 0 aromatic rings. The summed E-state index contributed by atoms with van der Waals surface area (Å²) in [5.41, 5.74) is -1.63. The molecule has 0 aliphatic carbocycles. The Morgan fingerprint density at radius 2 is 1.30 bits per heavy atom. The van der Waals surface area contributed by atoms with Crippen molar-refractivity contribution in [1.82, 2.24) is 0 Å². The Hall–Kier alpha value is -1.74. The molecule has 0 aliphatic heterocycles. The lowest BCUT2D eigenvalue weighted by Gasteiger charge is -2.35. The van der Waals surface area contributed by atoms with Crippen LogP contribution >= 0.6 is 0 Å². The van der Waals surface area contributed by atoms with Crippen LogP contribution < -0.4 is 0 Å². The van der Waals surface area contributed by atoms with Gasteiger partial charge in [0, 0.05) is 17.6 Å². The molecule has 0 aromatic carbocycles. The van der Waals surface area contributed by atoms with Crippen LogP contribution in [0.4, 0.5) is 0 Å². The van der Waals surface area contributed by atoms with Crippen molar-refractivity contribution in [3.8, 4) is 0 Å². The van der Waals surface area contributed by atoms with Crippen LogP contribution in [0.3, 0.4) is 0 Å². The molecule has 4 N–H and O–H groups in total. The Balaban J connectivity index is 5.28. The molecule has 8 nitrogen and oxygen atoms in total. The van der Waals surface area contributed by atoms with Gasteiger partial charge < -0.3 is 29.9 Å². The van der Waals surface area contributed by atoms with Gasteiger partial charge in [0.05, 0.1) is 26.2 Å². The molecule has 20 heavy (non-hydrogen) atoms. The molecule has 114 valence electrons. The number of hydrogen-bond acceptors (Lipinski definition) is 8. The number of rotatable bonds is 9. The SMILES string of the molecule is C=CC(=O)OC(O)(CC(CO)(CO)CO)OC(=O)C=C. The highest BCUT2D eigenvalue weighted by molar-refractivity contribution is 5.83. The Kier molecular flexibility index (Phi) is 7.08. The number of aliphatic hydroxyl groups excluding tert-OH is 3. The van der Waals surface area contributed by atoms with Crippen LogP contribution in [-0.4, -0.2) is 58.2 Å². The van der Waals surface area contributed by atoms with Gasteiger partial charge in [0.15, 0.2) is 0 Å². The van der Waals surface area contributed by atoms with Crippen LogP contribution in [0.25, 0.3) is 0 Å². The summed E-state index contributed by atoms with van der Waals surface area (Å²) in [6.07, 6.45) is 0.680. The average molecular weight is 290 g/mol. The fourth-order valence-corrected chi connectivity index (χ4v) is 1.28. The molecule has 0 saturated heterocycles. The first kappa shape index (κ1) is 18.3. The van der Waals surface area contributed by atoms with E-state index in [1.165, 1.54) is 0 Å². The van der Waals surface area contributed by atoms with Crippen molar-refractivity contribution in [3.63, 3.8) is 0 Å². The van der Waals surface area contributed by atoms with Gasteiger partial charge in [-0.05, 0) is 0 Å². The quantitative estimate of drug-likeness (QED) is 0.228. The van der Waals surface area contributed by atoms with Crippen LogP contribution in [0.2, 0.25) is 0 Å². The summed E-state index contributed by atoms with van der Waals surface area (Å²) in [4.78, 5) is 22.3. The molecule has 8 heteroatoms. The summed E-state index contributed by atoms with van der Waals surface area (Å²) in [5, 5.41) is 37.5. The van der Waals surface area contributed by atoms with Gasteiger partial charge in [0.2, 0.25) is 0 Å². The summed E-state index contributed by atoms with van der Waals surface area (Å²) < 4.78 is 8.99. The number of ether oxygens (including phenoxy) is 2. The van der Waals surface area contributed by atoms with Crippen molar-refractivity contribution >= 4 is 11.9 Å². The summed E-state index contributed by atoms with van der Waals surface area (Å²) in [5.74, 6) is -5.00. The van der Waals surface area contributed by atoms with E-state index in [9.17, 15) is 30.0 Å². The minimum atomic E-state index is -2.79. The number of carbonyl (C=O) groups excluding carboxylic acids is 2. The van der Waals surface area contributed by atoms with Gasteiger partial charge in [-0.2, -0.15) is 0 Å². The maximum atomic E-state index is 11.1. The molecule has 0 atom stereocenters. The monoisotopic (exact) mass is 290 g/mol. The second kappa shape index (κ2) is 7.75. The van der Waals surface area contributed by atoms with E-state index in [0.29, 0.717) is 12.2 Å². The summed E-state index contributed by atoms with van der Waals surface area (Å²) in [7, 11) is 0. The molecule has 0 unspecified atom stereocenters. The van der Waals surface area contributed by atoms with E-state index in [1.807, 2.05) is 0 Å². The van der Waals surface area contributed by atoms with Crippen LogP contribution in [0.1, 0.15) is 6.42 Å². The van der Waals surface area contributed by atoms with Gasteiger partial charge in [-0.15, -0.1) is 0 Å². The lowest BCUT2D eigenvalue weighted by atomic mass is 9.86. The number of hydrogen-bond donors (Lipinski definition) is 4. The zero-order valence-corrected chi connectivity index (χ0v) is 10.8. The minimum Gasteiger partial charge on any atom is -0.396 e. The molecule has 0 bridgehead atoms. The van der Waals surface area contributed by atoms with Gasteiger partial charge in [-0.25, -0.2) is 9.59 Å². The molecular formula is C12H18O8. The van der Waals surface area contributed by atoms with E-state index >= 15 is 0 Å². The highest BCUT2D eigenvalue weighted by Gasteiger charge is 2.45. The Morgan fingerprint density at radius 3 is 1.55 bits per heavy atom. The third kappa shape index (κ3) is 5.10. The normalized spacial score (nSPS) is 11.6. The van der Waals surface area contributed by atoms with E-state index < -0.39 is 49.6 Å². The number of carbonyl (C=O) groups is 2. The highest BCUT2D eigenvalue weighted by Crippen LogP contribution is 2.30. The smallest absolute Gasteiger partial charge is 0.374 e. The van der Waals surface area contributed by atoms with Gasteiger partial charge in [0.25, 0.3) is 0 Å². The molecule has 0 heterocycles. The molecule has 0 saturated carbocycles. The summed E-state index contributed by atoms with van der Waals surface area (Å²) in [6, 6.07) is 0. The molecular weight excluding hydrogens is 272 g/mol. The van der Waals surface area contributed by atoms with Gasteiger partial charge >= 0.3 is 17.9 Å². The van der Waals surface area contributed by atoms with E-state index in [4.69, 9.17) is 0 Å². The third-order valence-corrected chi connectivity index (χ3v) is 2.46. The van der Waals surface area contributed by atoms with Gasteiger partial charge in [-0.1, -0.05) is 13.2 Å². The zero-order valence-electron chi connectivity index (χ0n) is 10.8. The first-order valence-electron chi connectivity index (χ1n) is 5.56. The Labute approximate surface area is 115 Å². The fraction of sp³-hybridized carbons (Fsp3) is 0.500. The Morgan fingerprint density at radius 1 is 0.950 bits per heavy atom. The topological polar surface area (TPSA) is 134 Å². The Bertz CT molecular complexity index is 341. The standard InChI is InChI=1S/C12H18O8/c1-3-9(16)19-12(18,20-10(17)4-2)5-11(6-13,7-14)8-15/h3-4,13-15,18H,1-2,5-8H2. The van der Waals surface area contributed by atoms with Crippen LogP contribution in [0.5, 0.6) is 0 Å². The second-order valence-corrected chi connectivity index (χ2v) is 4.11. The van der Waals surface area contributed by atoms with Crippen molar-refractivity contribution in [2.45, 2.75) is 12.4 Å². The largest absolute Gasteiger partial charge is 0.396 e. The number of aliphatic hydroxyl groups is 4. The molecule has 0 aromatic heterocycles. The van der Waals surface area contributed by atoms with Crippen molar-refractivity contribution in [2.24, 2.45) is 5.41 Å². The van der Waals surface area contributed by atoms with Gasteiger partial charge in [-0.3, -0.25) is 0 Å². The van der Waals surface area contributed by atoms with Crippen molar-refractivity contribution < 1.29 is 39.5 Å². The molecule has 0 amide bonds. The van der Waals surface area contributed by atoms with Gasteiger partial charge in [0.1, 0.15) is 0 Å².